The van der Waals surface area contributed by atoms with E-state index in [0.717, 1.165) is 18.7 Å². The summed E-state index contributed by atoms with van der Waals surface area (Å²) in [6.07, 6.45) is 0. The van der Waals surface area contributed by atoms with Crippen LogP contribution in [0.4, 0.5) is 4.39 Å². The van der Waals surface area contributed by atoms with Gasteiger partial charge in [-0.3, -0.25) is 9.69 Å². The Morgan fingerprint density at radius 2 is 1.74 bits per heavy atom. The molecule has 1 saturated heterocycles. The van der Waals surface area contributed by atoms with Gasteiger partial charge in [0, 0.05) is 36.7 Å². The fraction of sp³-hybridized carbons (Fsp3) is 0.381. The molecule has 0 radical (unpaired) electrons. The zero-order chi connectivity index (χ0) is 19.4. The van der Waals surface area contributed by atoms with Crippen LogP contribution in [0.3, 0.4) is 0 Å². The van der Waals surface area contributed by atoms with Gasteiger partial charge in [-0.25, -0.2) is 4.39 Å². The van der Waals surface area contributed by atoms with Crippen molar-refractivity contribution < 1.29 is 13.9 Å². The van der Waals surface area contributed by atoms with Gasteiger partial charge in [-0.05, 0) is 55.8 Å². The number of ether oxygens (including phenoxy) is 1. The van der Waals surface area contributed by atoms with E-state index in [-0.39, 0.29) is 30.4 Å². The molecular weight excluding hydrogens is 367 g/mol. The fourth-order valence-electron chi connectivity index (χ4n) is 3.35. The van der Waals surface area contributed by atoms with Gasteiger partial charge in [0.05, 0.1) is 0 Å². The van der Waals surface area contributed by atoms with Crippen LogP contribution in [0.15, 0.2) is 48.5 Å². The van der Waals surface area contributed by atoms with E-state index in [0.29, 0.717) is 17.3 Å². The molecule has 6 heteroatoms. The highest BCUT2D eigenvalue weighted by Crippen LogP contribution is 2.20. The maximum absolute atomic E-state index is 13.1. The molecule has 1 aliphatic heterocycles. The van der Waals surface area contributed by atoms with Gasteiger partial charge in [0.1, 0.15) is 11.6 Å². The van der Waals surface area contributed by atoms with Crippen molar-refractivity contribution in [2.45, 2.75) is 32.5 Å². The average Bonchev–Trinajstić information content (AvgIpc) is 2.65. The molecule has 27 heavy (non-hydrogen) atoms. The lowest BCUT2D eigenvalue weighted by atomic mass is 10.1. The van der Waals surface area contributed by atoms with Crippen LogP contribution >= 0.6 is 11.6 Å². The first-order valence-corrected chi connectivity index (χ1v) is 9.46. The largest absolute Gasteiger partial charge is 0.484 e. The highest BCUT2D eigenvalue weighted by atomic mass is 35.5. The van der Waals surface area contributed by atoms with Gasteiger partial charge in [0.15, 0.2) is 6.61 Å². The van der Waals surface area contributed by atoms with E-state index in [1.54, 1.807) is 24.3 Å². The number of piperazine rings is 1. The third-order valence-corrected chi connectivity index (χ3v) is 5.16. The van der Waals surface area contributed by atoms with Crippen LogP contribution in [0.5, 0.6) is 5.75 Å². The molecular formula is C21H24ClFN2O2. The van der Waals surface area contributed by atoms with E-state index in [1.165, 1.54) is 12.1 Å². The molecule has 0 spiro atoms. The van der Waals surface area contributed by atoms with Crippen LogP contribution in [0.25, 0.3) is 0 Å². The van der Waals surface area contributed by atoms with E-state index >= 15 is 0 Å². The first-order valence-electron chi connectivity index (χ1n) is 9.08. The van der Waals surface area contributed by atoms with Gasteiger partial charge in [0.25, 0.3) is 5.91 Å². The van der Waals surface area contributed by atoms with Crippen LogP contribution in [0.2, 0.25) is 5.02 Å². The molecule has 0 N–H and O–H groups in total. The number of benzene rings is 2. The molecule has 3 rings (SSSR count). The first kappa shape index (κ1) is 19.6. The van der Waals surface area contributed by atoms with Crippen molar-refractivity contribution in [1.82, 2.24) is 9.80 Å². The van der Waals surface area contributed by atoms with Gasteiger partial charge in [-0.2, -0.15) is 0 Å². The predicted molar refractivity (Wildman–Crippen MR) is 104 cm³/mol. The Bertz CT molecular complexity index is 767. The van der Waals surface area contributed by atoms with Gasteiger partial charge in [-0.15, -0.1) is 0 Å². The first-order chi connectivity index (χ1) is 12.9. The van der Waals surface area contributed by atoms with Crippen LogP contribution in [-0.4, -0.2) is 47.5 Å². The quantitative estimate of drug-likeness (QED) is 0.774. The zero-order valence-electron chi connectivity index (χ0n) is 15.6. The third kappa shape index (κ3) is 5.21. The Labute approximate surface area is 164 Å². The summed E-state index contributed by atoms with van der Waals surface area (Å²) in [7, 11) is 0. The lowest BCUT2D eigenvalue weighted by molar-refractivity contribution is -0.139. The second-order valence-corrected chi connectivity index (χ2v) is 7.48. The fourth-order valence-corrected chi connectivity index (χ4v) is 3.48. The van der Waals surface area contributed by atoms with Gasteiger partial charge < -0.3 is 9.64 Å². The molecule has 0 saturated carbocycles. The van der Waals surface area contributed by atoms with Crippen LogP contribution in [-0.2, 0) is 11.3 Å². The maximum Gasteiger partial charge on any atom is 0.260 e. The lowest BCUT2D eigenvalue weighted by Crippen LogP contribution is -2.58. The van der Waals surface area contributed by atoms with Gasteiger partial charge >= 0.3 is 0 Å². The predicted octanol–water partition coefficient (Wildman–Crippen LogP) is 3.98. The van der Waals surface area contributed by atoms with E-state index in [4.69, 9.17) is 16.3 Å². The van der Waals surface area contributed by atoms with E-state index in [1.807, 2.05) is 24.0 Å². The third-order valence-electron chi connectivity index (χ3n) is 4.91. The molecule has 144 valence electrons. The Balaban J connectivity index is 1.54. The molecule has 0 bridgehead atoms. The van der Waals surface area contributed by atoms with Crippen molar-refractivity contribution in [3.05, 3.63) is 64.9 Å². The Morgan fingerprint density at radius 3 is 2.41 bits per heavy atom. The minimum absolute atomic E-state index is 0.0106. The SMILES string of the molecule is CC1CN(C(=O)COc2ccc(Cl)cc2)C(C)CN1Cc1ccc(F)cc1. The summed E-state index contributed by atoms with van der Waals surface area (Å²) in [6, 6.07) is 13.9. The number of carbonyl (C=O) groups excluding carboxylic acids is 1. The topological polar surface area (TPSA) is 32.8 Å². The number of amides is 1. The van der Waals surface area contributed by atoms with Crippen molar-refractivity contribution in [1.29, 1.82) is 0 Å². The molecule has 2 aromatic rings. The van der Waals surface area contributed by atoms with Gasteiger partial charge in [-0.1, -0.05) is 23.7 Å². The van der Waals surface area contributed by atoms with Crippen molar-refractivity contribution in [2.75, 3.05) is 19.7 Å². The normalized spacial score (nSPS) is 20.5. The molecule has 2 aromatic carbocycles. The minimum atomic E-state index is -0.226. The summed E-state index contributed by atoms with van der Waals surface area (Å²) in [5.41, 5.74) is 1.07. The van der Waals surface area contributed by atoms with Crippen LogP contribution < -0.4 is 4.74 Å². The highest BCUT2D eigenvalue weighted by molar-refractivity contribution is 6.30. The molecule has 2 unspecified atom stereocenters. The van der Waals surface area contributed by atoms with Crippen molar-refractivity contribution in [3.63, 3.8) is 0 Å². The van der Waals surface area contributed by atoms with Crippen molar-refractivity contribution in [3.8, 4) is 5.75 Å². The van der Waals surface area contributed by atoms with Crippen LogP contribution in [0.1, 0.15) is 19.4 Å². The second-order valence-electron chi connectivity index (χ2n) is 7.04. The van der Waals surface area contributed by atoms with Gasteiger partial charge in [0.2, 0.25) is 0 Å². The van der Waals surface area contributed by atoms with E-state index in [9.17, 15) is 9.18 Å². The van der Waals surface area contributed by atoms with E-state index in [2.05, 4.69) is 11.8 Å². The summed E-state index contributed by atoms with van der Waals surface area (Å²) in [5.74, 6) is 0.380. The summed E-state index contributed by atoms with van der Waals surface area (Å²) in [5, 5.41) is 0.633. The van der Waals surface area contributed by atoms with Crippen molar-refractivity contribution in [2.24, 2.45) is 0 Å². The van der Waals surface area contributed by atoms with E-state index < -0.39 is 0 Å². The number of carbonyl (C=O) groups is 1. The number of hydrogen-bond donors (Lipinski definition) is 0. The molecule has 0 aromatic heterocycles. The average molecular weight is 391 g/mol. The monoisotopic (exact) mass is 390 g/mol. The molecule has 1 heterocycles. The lowest BCUT2D eigenvalue weighted by Gasteiger charge is -2.44. The minimum Gasteiger partial charge on any atom is -0.484 e. The van der Waals surface area contributed by atoms with Crippen LogP contribution in [0, 0.1) is 5.82 Å². The molecule has 1 fully saturated rings. The highest BCUT2D eigenvalue weighted by Gasteiger charge is 2.32. The Kier molecular flexibility index (Phi) is 6.34. The maximum atomic E-state index is 13.1. The second kappa shape index (κ2) is 8.72. The zero-order valence-corrected chi connectivity index (χ0v) is 16.3. The molecule has 2 atom stereocenters. The smallest absolute Gasteiger partial charge is 0.260 e. The number of halogens is 2. The summed E-state index contributed by atoms with van der Waals surface area (Å²) in [6.45, 7) is 6.32. The Hall–Kier alpha value is -2.11. The number of nitrogens with zero attached hydrogens (tertiary/aromatic N) is 2. The van der Waals surface area contributed by atoms with Crippen molar-refractivity contribution >= 4 is 17.5 Å². The summed E-state index contributed by atoms with van der Waals surface area (Å²) in [4.78, 5) is 16.8. The molecule has 1 aliphatic rings. The number of rotatable bonds is 5. The molecule has 1 amide bonds. The summed E-state index contributed by atoms with van der Waals surface area (Å²) >= 11 is 5.86. The number of hydrogen-bond acceptors (Lipinski definition) is 3. The Morgan fingerprint density at radius 1 is 1.07 bits per heavy atom. The molecule has 0 aliphatic carbocycles. The standard InChI is InChI=1S/C21H24ClFN2O2/c1-15-12-25(21(26)14-27-20-9-5-18(22)6-10-20)16(2)11-24(15)13-17-3-7-19(23)8-4-17/h3-10,15-16H,11-14H2,1-2H3. The summed E-state index contributed by atoms with van der Waals surface area (Å²) < 4.78 is 18.7. The molecule has 4 nitrogen and oxygen atoms in total.